The fourth-order valence-corrected chi connectivity index (χ4v) is 2.25. The van der Waals surface area contributed by atoms with Gasteiger partial charge >= 0.3 is 0 Å². The van der Waals surface area contributed by atoms with Gasteiger partial charge in [-0.25, -0.2) is 8.78 Å². The van der Waals surface area contributed by atoms with Gasteiger partial charge in [0.25, 0.3) is 5.91 Å². The highest BCUT2D eigenvalue weighted by atomic mass is 19.1. The van der Waals surface area contributed by atoms with Crippen molar-refractivity contribution in [2.24, 2.45) is 0 Å². The predicted molar refractivity (Wildman–Crippen MR) is 80.0 cm³/mol. The second-order valence-corrected chi connectivity index (χ2v) is 5.04. The molecule has 2 aromatic rings. The summed E-state index contributed by atoms with van der Waals surface area (Å²) in [5.74, 6) is -1.97. The van der Waals surface area contributed by atoms with Crippen LogP contribution in [0.2, 0.25) is 0 Å². The van der Waals surface area contributed by atoms with E-state index in [4.69, 9.17) is 4.74 Å². The third-order valence-electron chi connectivity index (χ3n) is 3.39. The minimum atomic E-state index is -0.888. The first-order valence-corrected chi connectivity index (χ1v) is 6.83. The molecule has 5 heteroatoms. The highest BCUT2D eigenvalue weighted by molar-refractivity contribution is 5.95. The third kappa shape index (κ3) is 3.24. The number of hydrogen-bond donors (Lipinski definition) is 1. The lowest BCUT2D eigenvalue weighted by molar-refractivity contribution is 0.0931. The van der Waals surface area contributed by atoms with Crippen LogP contribution in [0.25, 0.3) is 0 Å². The molecule has 0 spiro atoms. The number of amides is 1. The average Bonchev–Trinajstić information content (AvgIpc) is 2.46. The van der Waals surface area contributed by atoms with E-state index in [0.717, 1.165) is 23.3 Å². The molecule has 0 heterocycles. The number of nitrogens with one attached hydrogen (secondary N) is 1. The van der Waals surface area contributed by atoms with Gasteiger partial charge in [-0.3, -0.25) is 4.79 Å². The molecule has 1 N–H and O–H groups in total. The summed E-state index contributed by atoms with van der Waals surface area (Å²) < 4.78 is 32.5. The Morgan fingerprint density at radius 2 is 1.82 bits per heavy atom. The largest absolute Gasteiger partial charge is 0.496 e. The van der Waals surface area contributed by atoms with Gasteiger partial charge in [0, 0.05) is 5.56 Å². The van der Waals surface area contributed by atoms with Gasteiger partial charge in [-0.1, -0.05) is 23.8 Å². The summed E-state index contributed by atoms with van der Waals surface area (Å²) in [6.45, 7) is 3.64. The second kappa shape index (κ2) is 6.56. The molecule has 0 aliphatic heterocycles. The van der Waals surface area contributed by atoms with Gasteiger partial charge in [-0.15, -0.1) is 0 Å². The molecule has 22 heavy (non-hydrogen) atoms. The van der Waals surface area contributed by atoms with Crippen LogP contribution >= 0.6 is 0 Å². The maximum Gasteiger partial charge on any atom is 0.257 e. The van der Waals surface area contributed by atoms with Crippen molar-refractivity contribution in [1.82, 2.24) is 5.32 Å². The Labute approximate surface area is 127 Å². The van der Waals surface area contributed by atoms with Crippen LogP contribution in [-0.4, -0.2) is 13.0 Å². The van der Waals surface area contributed by atoms with Crippen LogP contribution in [0.5, 0.6) is 5.75 Å². The van der Waals surface area contributed by atoms with E-state index in [1.807, 2.05) is 19.1 Å². The molecular weight excluding hydrogens is 288 g/mol. The van der Waals surface area contributed by atoms with Gasteiger partial charge in [-0.05, 0) is 32.0 Å². The first-order chi connectivity index (χ1) is 10.4. The van der Waals surface area contributed by atoms with Crippen molar-refractivity contribution >= 4 is 5.91 Å². The number of methoxy groups -OCH3 is 1. The number of rotatable bonds is 4. The predicted octanol–water partition coefficient (Wildman–Crippen LogP) is 3.77. The smallest absolute Gasteiger partial charge is 0.257 e. The normalized spacial score (nSPS) is 11.9. The summed E-state index contributed by atoms with van der Waals surface area (Å²) in [6.07, 6.45) is 0. The maximum absolute atomic E-state index is 13.6. The second-order valence-electron chi connectivity index (χ2n) is 5.04. The lowest BCUT2D eigenvalue weighted by Gasteiger charge is -2.18. The van der Waals surface area contributed by atoms with E-state index in [1.165, 1.54) is 13.2 Å². The fourth-order valence-electron chi connectivity index (χ4n) is 2.25. The zero-order valence-corrected chi connectivity index (χ0v) is 12.6. The van der Waals surface area contributed by atoms with E-state index in [2.05, 4.69) is 5.32 Å². The fraction of sp³-hybridized carbons (Fsp3) is 0.235. The van der Waals surface area contributed by atoms with Crippen molar-refractivity contribution in [3.63, 3.8) is 0 Å². The van der Waals surface area contributed by atoms with Crippen molar-refractivity contribution in [2.45, 2.75) is 19.9 Å². The molecule has 116 valence electrons. The first-order valence-electron chi connectivity index (χ1n) is 6.83. The summed E-state index contributed by atoms with van der Waals surface area (Å²) in [4.78, 5) is 12.1. The Bertz CT molecular complexity index is 681. The van der Waals surface area contributed by atoms with Crippen LogP contribution < -0.4 is 10.1 Å². The Morgan fingerprint density at radius 3 is 2.41 bits per heavy atom. The lowest BCUT2D eigenvalue weighted by Crippen LogP contribution is -2.28. The molecule has 0 aromatic heterocycles. The van der Waals surface area contributed by atoms with Gasteiger partial charge in [0.05, 0.1) is 13.2 Å². The zero-order valence-electron chi connectivity index (χ0n) is 12.6. The van der Waals surface area contributed by atoms with Gasteiger partial charge in [0.1, 0.15) is 22.9 Å². The van der Waals surface area contributed by atoms with Crippen LogP contribution in [0.4, 0.5) is 8.78 Å². The molecule has 0 fully saturated rings. The van der Waals surface area contributed by atoms with E-state index in [0.29, 0.717) is 5.75 Å². The molecule has 0 saturated carbocycles. The Hall–Kier alpha value is -2.43. The Morgan fingerprint density at radius 1 is 1.18 bits per heavy atom. The molecule has 1 unspecified atom stereocenters. The van der Waals surface area contributed by atoms with E-state index in [-0.39, 0.29) is 0 Å². The van der Waals surface area contributed by atoms with Crippen molar-refractivity contribution in [3.05, 3.63) is 64.7 Å². The summed E-state index contributed by atoms with van der Waals surface area (Å²) in [6, 6.07) is 8.40. The number of ether oxygens (including phenoxy) is 1. The molecule has 1 atom stereocenters. The zero-order chi connectivity index (χ0) is 16.3. The van der Waals surface area contributed by atoms with Gasteiger partial charge in [0.2, 0.25) is 0 Å². The number of aryl methyl sites for hydroxylation is 1. The Kier molecular flexibility index (Phi) is 4.75. The summed E-state index contributed by atoms with van der Waals surface area (Å²) in [5, 5.41) is 2.60. The summed E-state index contributed by atoms with van der Waals surface area (Å²) in [7, 11) is 1.53. The highest BCUT2D eigenvalue weighted by Gasteiger charge is 2.20. The quantitative estimate of drug-likeness (QED) is 0.933. The van der Waals surface area contributed by atoms with E-state index >= 15 is 0 Å². The van der Waals surface area contributed by atoms with Crippen LogP contribution in [0.15, 0.2) is 36.4 Å². The summed E-state index contributed by atoms with van der Waals surface area (Å²) >= 11 is 0. The van der Waals surface area contributed by atoms with Gasteiger partial charge in [-0.2, -0.15) is 0 Å². The molecule has 3 nitrogen and oxygen atoms in total. The molecule has 0 aliphatic rings. The maximum atomic E-state index is 13.6. The van der Waals surface area contributed by atoms with Crippen molar-refractivity contribution in [3.8, 4) is 5.75 Å². The lowest BCUT2D eigenvalue weighted by atomic mass is 10.0. The third-order valence-corrected chi connectivity index (χ3v) is 3.39. The number of carbonyl (C=O) groups is 1. The molecule has 2 aromatic carbocycles. The van der Waals surface area contributed by atoms with Crippen LogP contribution in [0, 0.1) is 18.6 Å². The number of halogens is 2. The molecule has 0 radical (unpaired) electrons. The van der Waals surface area contributed by atoms with E-state index in [1.54, 1.807) is 13.0 Å². The van der Waals surface area contributed by atoms with Crippen LogP contribution in [0.3, 0.4) is 0 Å². The summed E-state index contributed by atoms with van der Waals surface area (Å²) in [5.41, 5.74) is 1.16. The molecule has 1 amide bonds. The van der Waals surface area contributed by atoms with Gasteiger partial charge < -0.3 is 10.1 Å². The average molecular weight is 305 g/mol. The molecular formula is C17H17F2NO2. The molecule has 0 bridgehead atoms. The monoisotopic (exact) mass is 305 g/mol. The first kappa shape index (κ1) is 15.9. The molecule has 0 aliphatic carbocycles. The van der Waals surface area contributed by atoms with Crippen molar-refractivity contribution < 1.29 is 18.3 Å². The standard InChI is InChI=1S/C17H17F2NO2/c1-10-7-8-15(22-3)12(9-10)11(2)20-17(21)16-13(18)5-4-6-14(16)19/h4-9,11H,1-3H3,(H,20,21). The minimum Gasteiger partial charge on any atom is -0.496 e. The number of benzene rings is 2. The van der Waals surface area contributed by atoms with Crippen LogP contribution in [-0.2, 0) is 0 Å². The minimum absolute atomic E-state index is 0.457. The SMILES string of the molecule is COc1ccc(C)cc1C(C)NC(=O)c1c(F)cccc1F. The van der Waals surface area contributed by atoms with Crippen molar-refractivity contribution in [2.75, 3.05) is 7.11 Å². The van der Waals surface area contributed by atoms with Gasteiger partial charge in [0.15, 0.2) is 0 Å². The molecule has 2 rings (SSSR count). The van der Waals surface area contributed by atoms with Crippen LogP contribution in [0.1, 0.15) is 34.5 Å². The molecule has 0 saturated heterocycles. The Balaban J connectivity index is 2.27. The number of hydrogen-bond acceptors (Lipinski definition) is 2. The van der Waals surface area contributed by atoms with E-state index < -0.39 is 29.1 Å². The van der Waals surface area contributed by atoms with E-state index in [9.17, 15) is 13.6 Å². The van der Waals surface area contributed by atoms with Crippen molar-refractivity contribution in [1.29, 1.82) is 0 Å². The highest BCUT2D eigenvalue weighted by Crippen LogP contribution is 2.26. The number of carbonyl (C=O) groups excluding carboxylic acids is 1. The topological polar surface area (TPSA) is 38.3 Å².